The van der Waals surface area contributed by atoms with Crippen LogP contribution in [0.15, 0.2) is 229 Å². The molecule has 0 radical (unpaired) electrons. The largest absolute Gasteiger partial charge is 0.456 e. The molecule has 0 unspecified atom stereocenters. The van der Waals surface area contributed by atoms with Crippen molar-refractivity contribution in [2.24, 2.45) is 0 Å². The van der Waals surface area contributed by atoms with E-state index in [9.17, 15) is 4.11 Å². The van der Waals surface area contributed by atoms with Crippen molar-refractivity contribution < 1.29 is 19.5 Å². The summed E-state index contributed by atoms with van der Waals surface area (Å²) in [4.78, 5) is 15.1. The highest BCUT2D eigenvalue weighted by molar-refractivity contribution is 6.13. The second-order valence-electron chi connectivity index (χ2n) is 15.1. The average Bonchev–Trinajstić information content (AvgIpc) is 3.99. The third kappa shape index (κ3) is 5.72. The van der Waals surface area contributed by atoms with Crippen LogP contribution in [0.25, 0.3) is 89.5 Å². The first-order valence-corrected chi connectivity index (χ1v) is 20.1. The second kappa shape index (κ2) is 14.5. The third-order valence-corrected chi connectivity index (χ3v) is 11.6. The molecule has 0 amide bonds. The Kier molecular flexibility index (Phi) is 6.11. The van der Waals surface area contributed by atoms with Gasteiger partial charge in [0.1, 0.15) is 11.2 Å². The van der Waals surface area contributed by atoms with Gasteiger partial charge in [-0.3, -0.25) is 0 Å². The zero-order valence-corrected chi connectivity index (χ0v) is 32.8. The second-order valence-corrected chi connectivity index (χ2v) is 15.1. The molecule has 0 saturated heterocycles. The van der Waals surface area contributed by atoms with Crippen molar-refractivity contribution in [2.45, 2.75) is 5.41 Å². The third-order valence-electron chi connectivity index (χ3n) is 11.6. The lowest BCUT2D eigenvalue weighted by Crippen LogP contribution is -2.28. The van der Waals surface area contributed by atoms with Crippen molar-refractivity contribution in [1.29, 1.82) is 0 Å². The Labute approximate surface area is 375 Å². The minimum atomic E-state index is -0.759. The standard InChI is InChI=1S/C58H37N3O/c1-5-17-38(18-6-1)40-21-15-22-41(35-40)55-59-56(61-57(60-55)43-32-34-49-53(37-43)62-52-30-16-28-46(54(49)52)39-19-7-2-8-20-39)42-31-33-48-47-27-13-14-29-50(47)58(51(48)36-42,44-23-9-3-10-24-44)45-25-11-4-12-26-45/h1-37H/i2D,7D,8D,16D,19D,20D,28D,30D,32D,34D,37D. The highest BCUT2D eigenvalue weighted by Crippen LogP contribution is 2.56. The summed E-state index contributed by atoms with van der Waals surface area (Å²) in [5, 5.41) is -0.411. The fraction of sp³-hybridized carbons (Fsp3) is 0.0172. The van der Waals surface area contributed by atoms with Gasteiger partial charge in [-0.15, -0.1) is 0 Å². The molecule has 2 aromatic heterocycles. The van der Waals surface area contributed by atoms with Gasteiger partial charge in [0.15, 0.2) is 17.5 Å². The van der Waals surface area contributed by atoms with Gasteiger partial charge in [-0.1, -0.05) is 194 Å². The Morgan fingerprint density at radius 1 is 0.387 bits per heavy atom. The Balaban J connectivity index is 1.14. The molecule has 4 nitrogen and oxygen atoms in total. The van der Waals surface area contributed by atoms with Crippen LogP contribution in [-0.4, -0.2) is 15.0 Å². The summed E-state index contributed by atoms with van der Waals surface area (Å²) in [7, 11) is 0. The van der Waals surface area contributed by atoms with Crippen molar-refractivity contribution >= 4 is 21.9 Å². The van der Waals surface area contributed by atoms with Crippen LogP contribution in [0.5, 0.6) is 0 Å². The molecule has 4 heteroatoms. The van der Waals surface area contributed by atoms with Gasteiger partial charge in [0, 0.05) is 27.5 Å². The smallest absolute Gasteiger partial charge is 0.164 e. The van der Waals surface area contributed by atoms with Gasteiger partial charge in [0.25, 0.3) is 0 Å². The lowest BCUT2D eigenvalue weighted by molar-refractivity contribution is 0.669. The molecule has 290 valence electrons. The van der Waals surface area contributed by atoms with E-state index >= 15 is 0 Å². The maximum absolute atomic E-state index is 9.78. The summed E-state index contributed by atoms with van der Waals surface area (Å²) in [6.07, 6.45) is 0. The summed E-state index contributed by atoms with van der Waals surface area (Å²) in [6, 6.07) is 45.9. The zero-order valence-electron chi connectivity index (χ0n) is 43.8. The molecule has 9 aromatic carbocycles. The number of hydrogen-bond donors (Lipinski definition) is 0. The first kappa shape index (κ1) is 26.1. The highest BCUT2D eigenvalue weighted by atomic mass is 16.3. The molecule has 0 N–H and O–H groups in total. The van der Waals surface area contributed by atoms with E-state index in [1.807, 2.05) is 103 Å². The molecule has 1 aliphatic rings. The lowest BCUT2D eigenvalue weighted by Gasteiger charge is -2.34. The lowest BCUT2D eigenvalue weighted by atomic mass is 9.67. The fourth-order valence-electron chi connectivity index (χ4n) is 8.92. The summed E-state index contributed by atoms with van der Waals surface area (Å²) < 4.78 is 105. The average molecular weight is 803 g/mol. The molecule has 0 aliphatic heterocycles. The minimum absolute atomic E-state index is 0.128. The van der Waals surface area contributed by atoms with E-state index in [0.29, 0.717) is 11.1 Å². The van der Waals surface area contributed by atoms with Gasteiger partial charge in [-0.2, -0.15) is 0 Å². The van der Waals surface area contributed by atoms with E-state index < -0.39 is 77.4 Å². The Morgan fingerprint density at radius 3 is 1.74 bits per heavy atom. The van der Waals surface area contributed by atoms with Gasteiger partial charge in [-0.05, 0) is 85.9 Å². The van der Waals surface area contributed by atoms with Crippen LogP contribution < -0.4 is 0 Å². The quantitative estimate of drug-likeness (QED) is 0.161. The van der Waals surface area contributed by atoms with E-state index in [1.54, 1.807) is 0 Å². The predicted octanol–water partition coefficient (Wildman–Crippen LogP) is 14.5. The van der Waals surface area contributed by atoms with Gasteiger partial charge in [-0.25, -0.2) is 15.0 Å². The maximum Gasteiger partial charge on any atom is 0.164 e. The van der Waals surface area contributed by atoms with Crippen LogP contribution >= 0.6 is 0 Å². The van der Waals surface area contributed by atoms with Crippen molar-refractivity contribution in [1.82, 2.24) is 15.0 Å². The molecule has 62 heavy (non-hydrogen) atoms. The van der Waals surface area contributed by atoms with Crippen LogP contribution in [0, 0.1) is 0 Å². The molecule has 0 saturated carbocycles. The molecule has 0 atom stereocenters. The summed E-state index contributed by atoms with van der Waals surface area (Å²) in [5.41, 5.74) is 6.93. The maximum atomic E-state index is 9.78. The number of nitrogens with zero attached hydrogens (tertiary/aromatic N) is 3. The molecule has 2 heterocycles. The van der Waals surface area contributed by atoms with Gasteiger partial charge < -0.3 is 4.42 Å². The summed E-state index contributed by atoms with van der Waals surface area (Å²) >= 11 is 0. The van der Waals surface area contributed by atoms with Crippen LogP contribution in [0.1, 0.15) is 37.3 Å². The highest BCUT2D eigenvalue weighted by Gasteiger charge is 2.46. The molecule has 0 spiro atoms. The van der Waals surface area contributed by atoms with Crippen molar-refractivity contribution in [3.05, 3.63) is 246 Å². The fourth-order valence-corrected chi connectivity index (χ4v) is 8.92. The molecular weight excluding hydrogens is 755 g/mol. The molecular formula is C58H37N3O. The van der Waals surface area contributed by atoms with E-state index in [0.717, 1.165) is 44.5 Å². The van der Waals surface area contributed by atoms with E-state index in [4.69, 9.17) is 30.3 Å². The van der Waals surface area contributed by atoms with Gasteiger partial charge in [0.2, 0.25) is 0 Å². The number of hydrogen-bond acceptors (Lipinski definition) is 4. The number of benzene rings is 9. The first-order chi connectivity index (χ1) is 35.3. The van der Waals surface area contributed by atoms with Crippen molar-refractivity contribution in [3.8, 4) is 67.5 Å². The topological polar surface area (TPSA) is 51.8 Å². The Morgan fingerprint density at radius 2 is 1.00 bits per heavy atom. The predicted molar refractivity (Wildman–Crippen MR) is 252 cm³/mol. The first-order valence-electron chi connectivity index (χ1n) is 25.6. The molecule has 12 rings (SSSR count). The Bertz CT molecular complexity index is 4040. The minimum Gasteiger partial charge on any atom is -0.456 e. The Hall–Kier alpha value is -8.21. The summed E-state index contributed by atoms with van der Waals surface area (Å²) in [6.45, 7) is 0. The molecule has 0 fully saturated rings. The number of rotatable bonds is 7. The SMILES string of the molecule is [2H]c1c([2H])c([2H])c(-c2c([2H])c([2H])c([2H])c3oc4c([2H])c(-c5nc(-c6cccc(-c7ccccc7)c6)nc(-c6ccc7c(c6)C(c6ccccc6)(c6ccccc6)c6ccccc6-7)n5)c([2H])c([2H])c4c23)c([2H])c1[2H]. The van der Waals surface area contributed by atoms with E-state index in [1.165, 1.54) is 0 Å². The number of fused-ring (bicyclic) bond motifs is 6. The van der Waals surface area contributed by atoms with Crippen LogP contribution in [0.2, 0.25) is 0 Å². The van der Waals surface area contributed by atoms with Gasteiger partial charge >= 0.3 is 0 Å². The molecule has 0 bridgehead atoms. The van der Waals surface area contributed by atoms with E-state index in [-0.39, 0.29) is 50.5 Å². The van der Waals surface area contributed by atoms with Gasteiger partial charge in [0.05, 0.1) is 20.5 Å². The van der Waals surface area contributed by atoms with Crippen LogP contribution in [-0.2, 0) is 5.41 Å². The number of aromatic nitrogens is 3. The normalized spacial score (nSPS) is 15.1. The van der Waals surface area contributed by atoms with Crippen molar-refractivity contribution in [3.63, 3.8) is 0 Å². The molecule has 11 aromatic rings. The monoisotopic (exact) mass is 802 g/mol. The van der Waals surface area contributed by atoms with Crippen molar-refractivity contribution in [2.75, 3.05) is 0 Å². The molecule has 1 aliphatic carbocycles. The zero-order chi connectivity index (χ0) is 50.6. The number of furan rings is 1. The summed E-state index contributed by atoms with van der Waals surface area (Å²) in [5.74, 6) is 0.295. The van der Waals surface area contributed by atoms with Crippen LogP contribution in [0.4, 0.5) is 0 Å². The van der Waals surface area contributed by atoms with E-state index in [2.05, 4.69) is 54.6 Å². The van der Waals surface area contributed by atoms with Crippen LogP contribution in [0.3, 0.4) is 0 Å².